The Balaban J connectivity index is 4.00. The third-order valence-electron chi connectivity index (χ3n) is 2.15. The van der Waals surface area contributed by atoms with Crippen molar-refractivity contribution in [1.82, 2.24) is 10.6 Å². The number of nitrogens with one attached hydrogen (secondary N) is 2. The number of ether oxygens (including phenoxy) is 1. The molecule has 0 heterocycles. The number of hydrogen-bond acceptors (Lipinski definition) is 4. The highest BCUT2D eigenvalue weighted by Gasteiger charge is 2.19. The van der Waals surface area contributed by atoms with Gasteiger partial charge < -0.3 is 25.6 Å². The predicted octanol–water partition coefficient (Wildman–Crippen LogP) is -0.454. The zero-order valence-electron chi connectivity index (χ0n) is 10.1. The first-order chi connectivity index (χ1) is 8.01. The molecule has 0 bridgehead atoms. The summed E-state index contributed by atoms with van der Waals surface area (Å²) in [5, 5.41) is 22.3. The van der Waals surface area contributed by atoms with E-state index in [1.54, 1.807) is 14.0 Å². The molecule has 0 aromatic rings. The zero-order chi connectivity index (χ0) is 13.3. The van der Waals surface area contributed by atoms with Crippen molar-refractivity contribution in [3.05, 3.63) is 0 Å². The van der Waals surface area contributed by atoms with Crippen LogP contribution in [-0.2, 0) is 9.53 Å². The molecule has 0 fully saturated rings. The molecule has 2 atom stereocenters. The summed E-state index contributed by atoms with van der Waals surface area (Å²) in [5.74, 6) is -1.17. The van der Waals surface area contributed by atoms with Crippen molar-refractivity contribution in [1.29, 1.82) is 0 Å². The van der Waals surface area contributed by atoms with Gasteiger partial charge in [0.2, 0.25) is 0 Å². The zero-order valence-corrected chi connectivity index (χ0v) is 10.1. The minimum Gasteiger partial charge on any atom is -0.480 e. The van der Waals surface area contributed by atoms with E-state index in [9.17, 15) is 9.59 Å². The third-order valence-corrected chi connectivity index (χ3v) is 2.15. The maximum absolute atomic E-state index is 11.4. The molecule has 0 saturated carbocycles. The molecule has 1 unspecified atom stereocenters. The van der Waals surface area contributed by atoms with Crippen LogP contribution in [0.15, 0.2) is 0 Å². The lowest BCUT2D eigenvalue weighted by Crippen LogP contribution is -2.48. The number of carboxylic acid groups (broad SMARTS) is 1. The molecular weight excluding hydrogens is 228 g/mol. The average molecular weight is 248 g/mol. The number of methoxy groups -OCH3 is 1. The molecule has 2 amide bonds. The van der Waals surface area contributed by atoms with Crippen LogP contribution in [0.2, 0.25) is 0 Å². The van der Waals surface area contributed by atoms with Gasteiger partial charge in [0.1, 0.15) is 6.04 Å². The summed E-state index contributed by atoms with van der Waals surface area (Å²) in [7, 11) is 1.56. The summed E-state index contributed by atoms with van der Waals surface area (Å²) in [6.07, 6.45) is 0.622. The van der Waals surface area contributed by atoms with Gasteiger partial charge in [0.25, 0.3) is 0 Å². The highest BCUT2D eigenvalue weighted by molar-refractivity contribution is 5.82. The number of amides is 2. The monoisotopic (exact) mass is 248 g/mol. The first-order valence-corrected chi connectivity index (χ1v) is 5.40. The topological polar surface area (TPSA) is 108 Å². The van der Waals surface area contributed by atoms with E-state index < -0.39 is 18.0 Å². The van der Waals surface area contributed by atoms with E-state index in [-0.39, 0.29) is 19.1 Å². The van der Waals surface area contributed by atoms with Crippen LogP contribution in [0, 0.1) is 0 Å². The van der Waals surface area contributed by atoms with Crippen molar-refractivity contribution in [2.24, 2.45) is 0 Å². The molecule has 0 aliphatic carbocycles. The minimum absolute atomic E-state index is 0.0186. The van der Waals surface area contributed by atoms with E-state index >= 15 is 0 Å². The quantitative estimate of drug-likeness (QED) is 0.465. The van der Waals surface area contributed by atoms with Crippen molar-refractivity contribution < 1.29 is 24.5 Å². The van der Waals surface area contributed by atoms with Gasteiger partial charge in [-0.2, -0.15) is 0 Å². The van der Waals surface area contributed by atoms with Crippen LogP contribution in [0.3, 0.4) is 0 Å². The van der Waals surface area contributed by atoms with E-state index in [1.807, 2.05) is 0 Å². The van der Waals surface area contributed by atoms with Crippen molar-refractivity contribution in [3.8, 4) is 0 Å². The first-order valence-electron chi connectivity index (χ1n) is 5.40. The second kappa shape index (κ2) is 8.77. The summed E-state index contributed by atoms with van der Waals surface area (Å²) in [5.41, 5.74) is 0. The molecule has 100 valence electrons. The molecule has 0 spiro atoms. The molecule has 0 aliphatic rings. The molecule has 0 aromatic carbocycles. The lowest BCUT2D eigenvalue weighted by Gasteiger charge is -2.17. The molecule has 0 aromatic heterocycles. The van der Waals surface area contributed by atoms with Gasteiger partial charge in [0, 0.05) is 32.8 Å². The van der Waals surface area contributed by atoms with Gasteiger partial charge in [-0.15, -0.1) is 0 Å². The fourth-order valence-electron chi connectivity index (χ4n) is 1.18. The SMILES string of the molecule is COCCC(C)NC(=O)N[C@@H](CCO)C(=O)O. The number of hydrogen-bond donors (Lipinski definition) is 4. The number of aliphatic hydroxyl groups excluding tert-OH is 1. The summed E-state index contributed by atoms with van der Waals surface area (Å²) in [6, 6.07) is -1.75. The molecule has 0 saturated heterocycles. The van der Waals surface area contributed by atoms with E-state index in [0.29, 0.717) is 13.0 Å². The van der Waals surface area contributed by atoms with Crippen LogP contribution in [0.25, 0.3) is 0 Å². The fourth-order valence-corrected chi connectivity index (χ4v) is 1.18. The number of carboxylic acids is 1. The highest BCUT2D eigenvalue weighted by Crippen LogP contribution is 1.94. The second-order valence-electron chi connectivity index (χ2n) is 3.70. The average Bonchev–Trinajstić information content (AvgIpc) is 2.25. The standard InChI is InChI=1S/C10H20N2O5/c1-7(4-6-17-2)11-10(16)12-8(3-5-13)9(14)15/h7-8,13H,3-6H2,1-2H3,(H,14,15)(H2,11,12,16)/t7?,8-/m0/s1. The Labute approximate surface area is 100 Å². The normalized spacial score (nSPS) is 13.8. The molecule has 17 heavy (non-hydrogen) atoms. The van der Waals surface area contributed by atoms with Gasteiger partial charge in [-0.3, -0.25) is 0 Å². The van der Waals surface area contributed by atoms with Gasteiger partial charge in [-0.25, -0.2) is 9.59 Å². The molecule has 4 N–H and O–H groups in total. The minimum atomic E-state index is -1.17. The summed E-state index contributed by atoms with van der Waals surface area (Å²) in [6.45, 7) is 2.01. The van der Waals surface area contributed by atoms with Crippen LogP contribution in [-0.4, -0.2) is 54.6 Å². The van der Waals surface area contributed by atoms with Gasteiger partial charge in [-0.1, -0.05) is 0 Å². The molecular formula is C10H20N2O5. The van der Waals surface area contributed by atoms with Crippen LogP contribution < -0.4 is 10.6 Å². The van der Waals surface area contributed by atoms with Gasteiger partial charge >= 0.3 is 12.0 Å². The Morgan fingerprint density at radius 2 is 1.94 bits per heavy atom. The Bertz CT molecular complexity index is 247. The van der Waals surface area contributed by atoms with Crippen molar-refractivity contribution >= 4 is 12.0 Å². The molecule has 7 nitrogen and oxygen atoms in total. The summed E-state index contributed by atoms with van der Waals surface area (Å²) in [4.78, 5) is 22.1. The smallest absolute Gasteiger partial charge is 0.326 e. The summed E-state index contributed by atoms with van der Waals surface area (Å²) >= 11 is 0. The number of aliphatic hydroxyl groups is 1. The molecule has 7 heteroatoms. The lowest BCUT2D eigenvalue weighted by molar-refractivity contribution is -0.139. The molecule has 0 rings (SSSR count). The first kappa shape index (κ1) is 15.7. The predicted molar refractivity (Wildman–Crippen MR) is 60.7 cm³/mol. The Morgan fingerprint density at radius 1 is 1.29 bits per heavy atom. The molecule has 0 radical (unpaired) electrons. The van der Waals surface area contributed by atoms with Gasteiger partial charge in [-0.05, 0) is 13.3 Å². The lowest BCUT2D eigenvalue weighted by atomic mass is 10.2. The second-order valence-corrected chi connectivity index (χ2v) is 3.70. The number of carbonyl (C=O) groups is 2. The van der Waals surface area contributed by atoms with Crippen LogP contribution in [0.5, 0.6) is 0 Å². The summed E-state index contributed by atoms with van der Waals surface area (Å²) < 4.78 is 4.85. The highest BCUT2D eigenvalue weighted by atomic mass is 16.5. The molecule has 0 aliphatic heterocycles. The van der Waals surface area contributed by atoms with Crippen molar-refractivity contribution in [3.63, 3.8) is 0 Å². The van der Waals surface area contributed by atoms with Crippen molar-refractivity contribution in [2.75, 3.05) is 20.3 Å². The van der Waals surface area contributed by atoms with E-state index in [4.69, 9.17) is 14.9 Å². The number of urea groups is 1. The Morgan fingerprint density at radius 3 is 2.41 bits per heavy atom. The van der Waals surface area contributed by atoms with Crippen LogP contribution in [0.1, 0.15) is 19.8 Å². The van der Waals surface area contributed by atoms with E-state index in [1.165, 1.54) is 0 Å². The maximum Gasteiger partial charge on any atom is 0.326 e. The van der Waals surface area contributed by atoms with E-state index in [0.717, 1.165) is 0 Å². The van der Waals surface area contributed by atoms with Crippen LogP contribution in [0.4, 0.5) is 4.79 Å². The van der Waals surface area contributed by atoms with E-state index in [2.05, 4.69) is 10.6 Å². The Hall–Kier alpha value is -1.34. The van der Waals surface area contributed by atoms with Gasteiger partial charge in [0.15, 0.2) is 0 Å². The fraction of sp³-hybridized carbons (Fsp3) is 0.800. The number of rotatable bonds is 8. The maximum atomic E-state index is 11.4. The van der Waals surface area contributed by atoms with Crippen molar-refractivity contribution in [2.45, 2.75) is 31.8 Å². The Kier molecular flexibility index (Phi) is 8.08. The third kappa shape index (κ3) is 7.53. The number of carbonyl (C=O) groups excluding carboxylic acids is 1. The van der Waals surface area contributed by atoms with Gasteiger partial charge in [0.05, 0.1) is 0 Å². The largest absolute Gasteiger partial charge is 0.480 e. The number of aliphatic carboxylic acids is 1. The van der Waals surface area contributed by atoms with Crippen LogP contribution >= 0.6 is 0 Å².